The second-order valence-electron chi connectivity index (χ2n) is 8.85. The number of hydrogen-bond acceptors (Lipinski definition) is 7. The molecule has 0 spiro atoms. The van der Waals surface area contributed by atoms with Crippen LogP contribution in [0.25, 0.3) is 0 Å². The molecule has 0 aromatic heterocycles. The predicted molar refractivity (Wildman–Crippen MR) is 120 cm³/mol. The number of aliphatic hydroxyl groups is 1. The SMILES string of the molecule is CC(C)C[C@H](N)C(=O)N[C@H](CO)C(=O)N[C@@H](CCCCN)C(=O)N[C@H](CC(C)C)C(=O)O. The van der Waals surface area contributed by atoms with Crippen LogP contribution in [0.4, 0.5) is 0 Å². The lowest BCUT2D eigenvalue weighted by Crippen LogP contribution is -2.58. The lowest BCUT2D eigenvalue weighted by atomic mass is 10.0. The minimum absolute atomic E-state index is 0.0331. The van der Waals surface area contributed by atoms with Gasteiger partial charge in [0.1, 0.15) is 18.1 Å². The van der Waals surface area contributed by atoms with Gasteiger partial charge in [-0.3, -0.25) is 14.4 Å². The number of carbonyl (C=O) groups excluding carboxylic acids is 3. The summed E-state index contributed by atoms with van der Waals surface area (Å²) in [5.41, 5.74) is 11.3. The summed E-state index contributed by atoms with van der Waals surface area (Å²) in [5.74, 6) is -2.96. The average molecular weight is 460 g/mol. The summed E-state index contributed by atoms with van der Waals surface area (Å²) in [7, 11) is 0. The monoisotopic (exact) mass is 459 g/mol. The van der Waals surface area contributed by atoms with Gasteiger partial charge < -0.3 is 37.6 Å². The van der Waals surface area contributed by atoms with E-state index in [4.69, 9.17) is 11.5 Å². The van der Waals surface area contributed by atoms with Gasteiger partial charge in [0.15, 0.2) is 0 Å². The quantitative estimate of drug-likeness (QED) is 0.144. The summed E-state index contributed by atoms with van der Waals surface area (Å²) in [6.07, 6.45) is 1.99. The zero-order valence-corrected chi connectivity index (χ0v) is 19.6. The number of carbonyl (C=O) groups is 4. The molecule has 0 aromatic carbocycles. The molecule has 0 bridgehead atoms. The highest BCUT2D eigenvalue weighted by molar-refractivity contribution is 5.94. The van der Waals surface area contributed by atoms with Crippen molar-refractivity contribution in [2.24, 2.45) is 23.3 Å². The molecule has 3 amide bonds. The number of nitrogens with one attached hydrogen (secondary N) is 3. The lowest BCUT2D eigenvalue weighted by molar-refractivity contribution is -0.143. The Balaban J connectivity index is 5.26. The van der Waals surface area contributed by atoms with Crippen LogP contribution >= 0.6 is 0 Å². The molecule has 0 heterocycles. The van der Waals surface area contributed by atoms with Crippen molar-refractivity contribution in [1.82, 2.24) is 16.0 Å². The van der Waals surface area contributed by atoms with Crippen molar-refractivity contribution in [3.63, 3.8) is 0 Å². The van der Waals surface area contributed by atoms with E-state index in [0.29, 0.717) is 25.8 Å². The standard InChI is InChI=1S/C21H41N5O6/c1-12(2)9-14(23)18(28)26-17(11-27)20(30)24-15(7-5-6-8-22)19(29)25-16(21(31)32)10-13(3)4/h12-17,27H,5-11,22-23H2,1-4H3,(H,24,30)(H,25,29)(H,26,28)(H,31,32)/t14-,15-,16+,17+/m0/s1. The van der Waals surface area contributed by atoms with E-state index < -0.39 is 54.5 Å². The van der Waals surface area contributed by atoms with E-state index in [1.807, 2.05) is 27.7 Å². The zero-order valence-electron chi connectivity index (χ0n) is 19.6. The first kappa shape index (κ1) is 29.8. The molecule has 0 saturated heterocycles. The molecule has 32 heavy (non-hydrogen) atoms. The Labute approximate surface area is 190 Å². The molecule has 0 unspecified atom stereocenters. The average Bonchev–Trinajstić information content (AvgIpc) is 2.69. The maximum Gasteiger partial charge on any atom is 0.326 e. The molecule has 0 aliphatic rings. The second-order valence-corrected chi connectivity index (χ2v) is 8.85. The van der Waals surface area contributed by atoms with Crippen LogP contribution in [0.5, 0.6) is 0 Å². The van der Waals surface area contributed by atoms with Crippen molar-refractivity contribution in [2.75, 3.05) is 13.2 Å². The summed E-state index contributed by atoms with van der Waals surface area (Å²) >= 11 is 0. The molecule has 0 radical (unpaired) electrons. The third kappa shape index (κ3) is 12.0. The molecule has 0 aliphatic carbocycles. The summed E-state index contributed by atoms with van der Waals surface area (Å²) in [6.45, 7) is 7.18. The van der Waals surface area contributed by atoms with Crippen LogP contribution in [0, 0.1) is 11.8 Å². The fourth-order valence-corrected chi connectivity index (χ4v) is 3.09. The Morgan fingerprint density at radius 2 is 1.28 bits per heavy atom. The third-order valence-electron chi connectivity index (χ3n) is 4.78. The predicted octanol–water partition coefficient (Wildman–Crippen LogP) is -0.934. The summed E-state index contributed by atoms with van der Waals surface area (Å²) < 4.78 is 0. The number of unbranched alkanes of at least 4 members (excludes halogenated alkanes) is 1. The molecule has 0 rings (SSSR count). The van der Waals surface area contributed by atoms with Gasteiger partial charge in [-0.1, -0.05) is 27.7 Å². The van der Waals surface area contributed by atoms with E-state index in [2.05, 4.69) is 16.0 Å². The van der Waals surface area contributed by atoms with Crippen LogP contribution in [0.1, 0.15) is 59.8 Å². The van der Waals surface area contributed by atoms with Crippen molar-refractivity contribution in [3.05, 3.63) is 0 Å². The minimum atomic E-state index is -1.29. The van der Waals surface area contributed by atoms with Gasteiger partial charge >= 0.3 is 5.97 Å². The fourth-order valence-electron chi connectivity index (χ4n) is 3.09. The Bertz CT molecular complexity index is 613. The Morgan fingerprint density at radius 3 is 1.75 bits per heavy atom. The topological polar surface area (TPSA) is 197 Å². The molecule has 0 aliphatic heterocycles. The molecule has 0 saturated carbocycles. The Hall–Kier alpha value is -2.24. The van der Waals surface area contributed by atoms with Gasteiger partial charge in [0.25, 0.3) is 0 Å². The summed E-state index contributed by atoms with van der Waals surface area (Å²) in [6, 6.07) is -4.28. The van der Waals surface area contributed by atoms with Crippen LogP contribution in [0.3, 0.4) is 0 Å². The molecule has 9 N–H and O–H groups in total. The maximum absolute atomic E-state index is 12.7. The Kier molecular flexibility index (Phi) is 14.5. The van der Waals surface area contributed by atoms with Crippen molar-refractivity contribution in [1.29, 1.82) is 0 Å². The highest BCUT2D eigenvalue weighted by Crippen LogP contribution is 2.08. The summed E-state index contributed by atoms with van der Waals surface area (Å²) in [4.78, 5) is 49.1. The van der Waals surface area contributed by atoms with Gasteiger partial charge in [0.05, 0.1) is 12.6 Å². The van der Waals surface area contributed by atoms with E-state index in [1.54, 1.807) is 0 Å². The fraction of sp³-hybridized carbons (Fsp3) is 0.810. The number of nitrogens with two attached hydrogens (primary N) is 2. The zero-order chi connectivity index (χ0) is 24.8. The van der Waals surface area contributed by atoms with E-state index in [1.165, 1.54) is 0 Å². The van der Waals surface area contributed by atoms with E-state index in [9.17, 15) is 29.4 Å². The molecular weight excluding hydrogens is 418 g/mol. The van der Waals surface area contributed by atoms with Gasteiger partial charge in [-0.2, -0.15) is 0 Å². The van der Waals surface area contributed by atoms with Gasteiger partial charge in [0, 0.05) is 0 Å². The molecule has 11 heteroatoms. The number of carboxylic acids is 1. The van der Waals surface area contributed by atoms with E-state index in [-0.39, 0.29) is 24.7 Å². The van der Waals surface area contributed by atoms with Crippen LogP contribution in [-0.4, -0.2) is 71.2 Å². The van der Waals surface area contributed by atoms with Crippen LogP contribution < -0.4 is 27.4 Å². The summed E-state index contributed by atoms with van der Waals surface area (Å²) in [5, 5.41) is 26.3. The highest BCUT2D eigenvalue weighted by atomic mass is 16.4. The van der Waals surface area contributed by atoms with Gasteiger partial charge in [-0.05, 0) is 50.5 Å². The van der Waals surface area contributed by atoms with Crippen molar-refractivity contribution >= 4 is 23.7 Å². The first-order chi connectivity index (χ1) is 14.9. The number of aliphatic hydroxyl groups excluding tert-OH is 1. The van der Waals surface area contributed by atoms with Crippen LogP contribution in [0.15, 0.2) is 0 Å². The molecule has 0 fully saturated rings. The maximum atomic E-state index is 12.7. The molecule has 186 valence electrons. The highest BCUT2D eigenvalue weighted by Gasteiger charge is 2.30. The van der Waals surface area contributed by atoms with Crippen LogP contribution in [0.2, 0.25) is 0 Å². The van der Waals surface area contributed by atoms with E-state index >= 15 is 0 Å². The normalized spacial score (nSPS) is 15.0. The van der Waals surface area contributed by atoms with Crippen molar-refractivity contribution in [3.8, 4) is 0 Å². The molecular formula is C21H41N5O6. The number of carboxylic acid groups (broad SMARTS) is 1. The number of aliphatic carboxylic acids is 1. The second kappa shape index (κ2) is 15.5. The van der Waals surface area contributed by atoms with Crippen LogP contribution in [-0.2, 0) is 19.2 Å². The number of rotatable bonds is 16. The van der Waals surface area contributed by atoms with Gasteiger partial charge in [0.2, 0.25) is 17.7 Å². The van der Waals surface area contributed by atoms with Gasteiger partial charge in [-0.15, -0.1) is 0 Å². The number of amides is 3. The largest absolute Gasteiger partial charge is 0.480 e. The smallest absolute Gasteiger partial charge is 0.326 e. The lowest BCUT2D eigenvalue weighted by Gasteiger charge is -2.25. The molecule has 11 nitrogen and oxygen atoms in total. The number of hydrogen-bond donors (Lipinski definition) is 7. The third-order valence-corrected chi connectivity index (χ3v) is 4.78. The van der Waals surface area contributed by atoms with Crippen molar-refractivity contribution < 1.29 is 29.4 Å². The van der Waals surface area contributed by atoms with Crippen molar-refractivity contribution in [2.45, 2.75) is 84.0 Å². The molecule has 4 atom stereocenters. The van der Waals surface area contributed by atoms with E-state index in [0.717, 1.165) is 0 Å². The first-order valence-electron chi connectivity index (χ1n) is 11.1. The minimum Gasteiger partial charge on any atom is -0.480 e. The Morgan fingerprint density at radius 1 is 0.781 bits per heavy atom. The first-order valence-corrected chi connectivity index (χ1v) is 11.1. The van der Waals surface area contributed by atoms with Gasteiger partial charge in [-0.25, -0.2) is 4.79 Å². The molecule has 0 aromatic rings.